The lowest BCUT2D eigenvalue weighted by molar-refractivity contribution is 0.455. The number of benzene rings is 1. The molecule has 0 saturated heterocycles. The Balaban J connectivity index is 2.05. The summed E-state index contributed by atoms with van der Waals surface area (Å²) in [6.45, 7) is 0. The summed E-state index contributed by atoms with van der Waals surface area (Å²) >= 11 is 0. The lowest BCUT2D eigenvalue weighted by Gasteiger charge is -2.23. The largest absolute Gasteiger partial charge is 0.235 e. The summed E-state index contributed by atoms with van der Waals surface area (Å²) in [5.74, 6) is 0. The highest BCUT2D eigenvalue weighted by Gasteiger charge is 2.35. The van der Waals surface area contributed by atoms with Crippen LogP contribution in [-0.2, 0) is 10.3 Å². The van der Waals surface area contributed by atoms with Crippen molar-refractivity contribution >= 4 is 6.08 Å². The normalized spacial score (nSPS) is 17.1. The predicted octanol–water partition coefficient (Wildman–Crippen LogP) is 2.37. The summed E-state index contributed by atoms with van der Waals surface area (Å²) in [6, 6.07) is 7.98. The standard InChI is InChI=1S/C14H14N4O/c19-11-15-14(6-1-2-7-14)12-4-3-5-13(10-12)18-9-8-16-17-18/h3-5,8-10H,1-2,6-7H2. The minimum Gasteiger partial charge on any atom is -0.221 e. The maximum absolute atomic E-state index is 10.7. The molecule has 5 heteroatoms. The third-order valence-electron chi connectivity index (χ3n) is 3.76. The Labute approximate surface area is 111 Å². The summed E-state index contributed by atoms with van der Waals surface area (Å²) in [5, 5.41) is 7.79. The number of aliphatic imine (C=N–C) groups is 1. The number of carbonyl (C=O) groups excluding carboxylic acids is 1. The molecule has 96 valence electrons. The Morgan fingerprint density at radius 1 is 1.32 bits per heavy atom. The maximum Gasteiger partial charge on any atom is 0.235 e. The van der Waals surface area contributed by atoms with Crippen LogP contribution in [0.3, 0.4) is 0 Å². The summed E-state index contributed by atoms with van der Waals surface area (Å²) in [4.78, 5) is 14.8. The van der Waals surface area contributed by atoms with Crippen LogP contribution in [0.4, 0.5) is 0 Å². The highest BCUT2D eigenvalue weighted by Crippen LogP contribution is 2.42. The van der Waals surface area contributed by atoms with Crippen LogP contribution >= 0.6 is 0 Å². The van der Waals surface area contributed by atoms with Crippen LogP contribution < -0.4 is 0 Å². The molecule has 0 amide bonds. The smallest absolute Gasteiger partial charge is 0.221 e. The van der Waals surface area contributed by atoms with Crippen molar-refractivity contribution < 1.29 is 4.79 Å². The van der Waals surface area contributed by atoms with E-state index >= 15 is 0 Å². The van der Waals surface area contributed by atoms with Crippen LogP contribution in [0, 0.1) is 0 Å². The van der Waals surface area contributed by atoms with Gasteiger partial charge in [-0.1, -0.05) is 30.2 Å². The van der Waals surface area contributed by atoms with E-state index in [4.69, 9.17) is 0 Å². The third kappa shape index (κ3) is 2.09. The van der Waals surface area contributed by atoms with Crippen LogP contribution in [-0.4, -0.2) is 21.1 Å². The molecule has 3 rings (SSSR count). The molecular formula is C14H14N4O. The number of nitrogens with zero attached hydrogens (tertiary/aromatic N) is 4. The highest BCUT2D eigenvalue weighted by atomic mass is 16.1. The topological polar surface area (TPSA) is 60.1 Å². The second kappa shape index (κ2) is 4.78. The average Bonchev–Trinajstić information content (AvgIpc) is 3.11. The van der Waals surface area contributed by atoms with E-state index in [0.717, 1.165) is 36.9 Å². The van der Waals surface area contributed by atoms with Gasteiger partial charge < -0.3 is 0 Å². The molecule has 1 aromatic carbocycles. The van der Waals surface area contributed by atoms with Gasteiger partial charge in [0.1, 0.15) is 0 Å². The molecule has 5 nitrogen and oxygen atoms in total. The van der Waals surface area contributed by atoms with Gasteiger partial charge in [-0.15, -0.1) is 5.10 Å². The zero-order chi connectivity index (χ0) is 13.1. The minimum atomic E-state index is -0.391. The molecule has 1 aromatic heterocycles. The van der Waals surface area contributed by atoms with E-state index in [9.17, 15) is 4.79 Å². The molecule has 19 heavy (non-hydrogen) atoms. The number of isocyanates is 1. The Morgan fingerprint density at radius 3 is 2.84 bits per heavy atom. The van der Waals surface area contributed by atoms with Crippen molar-refractivity contribution in [2.75, 3.05) is 0 Å². The first-order valence-corrected chi connectivity index (χ1v) is 6.40. The average molecular weight is 254 g/mol. The number of rotatable bonds is 3. The number of hydrogen-bond donors (Lipinski definition) is 0. The van der Waals surface area contributed by atoms with Crippen LogP contribution in [0.15, 0.2) is 41.7 Å². The van der Waals surface area contributed by atoms with Gasteiger partial charge in [-0.2, -0.15) is 4.99 Å². The second-order valence-corrected chi connectivity index (χ2v) is 4.84. The molecule has 2 aromatic rings. The number of hydrogen-bond acceptors (Lipinski definition) is 4. The third-order valence-corrected chi connectivity index (χ3v) is 3.76. The van der Waals surface area contributed by atoms with E-state index in [-0.39, 0.29) is 0 Å². The summed E-state index contributed by atoms with van der Waals surface area (Å²) < 4.78 is 1.71. The van der Waals surface area contributed by atoms with E-state index in [1.54, 1.807) is 23.2 Å². The molecule has 1 saturated carbocycles. The van der Waals surface area contributed by atoms with Crippen molar-refractivity contribution in [3.05, 3.63) is 42.2 Å². The summed E-state index contributed by atoms with van der Waals surface area (Å²) in [5.41, 5.74) is 1.60. The Morgan fingerprint density at radius 2 is 2.16 bits per heavy atom. The van der Waals surface area contributed by atoms with Crippen LogP contribution in [0.2, 0.25) is 0 Å². The van der Waals surface area contributed by atoms with Crippen molar-refractivity contribution in [3.63, 3.8) is 0 Å². The van der Waals surface area contributed by atoms with Crippen LogP contribution in [0.25, 0.3) is 5.69 Å². The zero-order valence-electron chi connectivity index (χ0n) is 10.5. The lowest BCUT2D eigenvalue weighted by Crippen LogP contribution is -2.19. The Bertz CT molecular complexity index is 608. The van der Waals surface area contributed by atoms with Gasteiger partial charge in [-0.05, 0) is 30.5 Å². The van der Waals surface area contributed by atoms with Gasteiger partial charge in [0.15, 0.2) is 0 Å². The fourth-order valence-electron chi connectivity index (χ4n) is 2.80. The van der Waals surface area contributed by atoms with E-state index in [1.807, 2.05) is 24.3 Å². The number of aromatic nitrogens is 3. The highest BCUT2D eigenvalue weighted by molar-refractivity contribution is 5.42. The zero-order valence-corrected chi connectivity index (χ0v) is 10.5. The van der Waals surface area contributed by atoms with Gasteiger partial charge in [0.05, 0.1) is 23.6 Å². The predicted molar refractivity (Wildman–Crippen MR) is 69.6 cm³/mol. The lowest BCUT2D eigenvalue weighted by atomic mass is 9.89. The van der Waals surface area contributed by atoms with Gasteiger partial charge in [0.25, 0.3) is 0 Å². The molecule has 1 heterocycles. The first kappa shape index (κ1) is 11.8. The van der Waals surface area contributed by atoms with E-state index in [0.29, 0.717) is 0 Å². The minimum absolute atomic E-state index is 0.391. The molecule has 1 fully saturated rings. The first-order valence-electron chi connectivity index (χ1n) is 6.40. The van der Waals surface area contributed by atoms with Crippen molar-refractivity contribution in [2.45, 2.75) is 31.2 Å². The fourth-order valence-corrected chi connectivity index (χ4v) is 2.80. The quantitative estimate of drug-likeness (QED) is 0.624. The molecule has 0 spiro atoms. The molecule has 0 atom stereocenters. The molecule has 1 aliphatic carbocycles. The fraction of sp³-hybridized carbons (Fsp3) is 0.357. The summed E-state index contributed by atoms with van der Waals surface area (Å²) in [6.07, 6.45) is 9.18. The molecule has 0 aliphatic heterocycles. The van der Waals surface area contributed by atoms with E-state index < -0.39 is 5.54 Å². The van der Waals surface area contributed by atoms with Crippen molar-refractivity contribution in [1.82, 2.24) is 15.0 Å². The molecule has 1 aliphatic rings. The Kier molecular flexibility index (Phi) is 2.97. The van der Waals surface area contributed by atoms with E-state index in [2.05, 4.69) is 15.3 Å². The van der Waals surface area contributed by atoms with Crippen molar-refractivity contribution in [2.24, 2.45) is 4.99 Å². The summed E-state index contributed by atoms with van der Waals surface area (Å²) in [7, 11) is 0. The second-order valence-electron chi connectivity index (χ2n) is 4.84. The maximum atomic E-state index is 10.7. The van der Waals surface area contributed by atoms with Gasteiger partial charge in [0.2, 0.25) is 6.08 Å². The van der Waals surface area contributed by atoms with Gasteiger partial charge in [0, 0.05) is 0 Å². The molecule has 0 N–H and O–H groups in total. The SMILES string of the molecule is O=C=NC1(c2cccc(-n3ccnn3)c2)CCCC1. The van der Waals surface area contributed by atoms with Gasteiger partial charge in [-0.3, -0.25) is 0 Å². The molecule has 0 bridgehead atoms. The Hall–Kier alpha value is -2.26. The van der Waals surface area contributed by atoms with E-state index in [1.165, 1.54) is 0 Å². The van der Waals surface area contributed by atoms with Gasteiger partial charge in [-0.25, -0.2) is 9.48 Å². The van der Waals surface area contributed by atoms with Crippen molar-refractivity contribution in [3.8, 4) is 5.69 Å². The molecular weight excluding hydrogens is 240 g/mol. The van der Waals surface area contributed by atoms with Crippen molar-refractivity contribution in [1.29, 1.82) is 0 Å². The van der Waals surface area contributed by atoms with Crippen LogP contribution in [0.1, 0.15) is 31.2 Å². The van der Waals surface area contributed by atoms with Crippen LogP contribution in [0.5, 0.6) is 0 Å². The van der Waals surface area contributed by atoms with Gasteiger partial charge >= 0.3 is 0 Å². The molecule has 0 unspecified atom stereocenters. The first-order chi connectivity index (χ1) is 9.34. The monoisotopic (exact) mass is 254 g/mol. The molecule has 0 radical (unpaired) electrons.